The monoisotopic (exact) mass is 246 g/mol. The molecule has 1 N–H and O–H groups in total. The van der Waals surface area contributed by atoms with Gasteiger partial charge in [-0.05, 0) is 24.0 Å². The van der Waals surface area contributed by atoms with E-state index in [2.05, 4.69) is 32.3 Å². The summed E-state index contributed by atoms with van der Waals surface area (Å²) < 4.78 is 1.93. The molecule has 1 heterocycles. The summed E-state index contributed by atoms with van der Waals surface area (Å²) in [7, 11) is 1.94. The smallest absolute Gasteiger partial charge is 0.139 e. The lowest BCUT2D eigenvalue weighted by Gasteiger charge is -2.22. The van der Waals surface area contributed by atoms with Gasteiger partial charge in [0, 0.05) is 25.0 Å². The average molecular weight is 246 g/mol. The van der Waals surface area contributed by atoms with Crippen LogP contribution in [0.15, 0.2) is 42.5 Å². The van der Waals surface area contributed by atoms with E-state index >= 15 is 0 Å². The molecule has 0 aliphatic carbocycles. The predicted molar refractivity (Wildman–Crippen MR) is 76.2 cm³/mol. The van der Waals surface area contributed by atoms with Crippen LogP contribution in [0, 0.1) is 5.41 Å². The summed E-state index contributed by atoms with van der Waals surface area (Å²) in [6.07, 6.45) is 7.35. The van der Waals surface area contributed by atoms with Crippen molar-refractivity contribution in [2.24, 2.45) is 12.5 Å². The molecular formula is C15H22N2O. The minimum absolute atomic E-state index is 0.127. The number of nitrogens with zero attached hydrogens (tertiary/aromatic N) is 2. The molecule has 0 saturated carbocycles. The topological polar surface area (TPSA) is 38.1 Å². The first-order valence-corrected chi connectivity index (χ1v) is 5.99. The molecule has 0 bridgehead atoms. The summed E-state index contributed by atoms with van der Waals surface area (Å²) in [5.41, 5.74) is 1.67. The number of hydrogen-bond donors (Lipinski definition) is 1. The third kappa shape index (κ3) is 3.13. The number of imidazole rings is 1. The minimum Gasteiger partial charge on any atom is -0.512 e. The van der Waals surface area contributed by atoms with Crippen LogP contribution < -0.4 is 0 Å². The standard InChI is InChI=1S/C15H22N2O/c1-7-12(14-16-8-9-17(14)6)10-13(11(2)18)15(3,4)5/h7-10,18H,1H2,2-6H3/b12-10+,13-11-. The Balaban J connectivity index is 3.33. The Hall–Kier alpha value is -1.77. The molecule has 0 aliphatic heterocycles. The number of rotatable bonds is 3. The maximum atomic E-state index is 9.83. The summed E-state index contributed by atoms with van der Waals surface area (Å²) >= 11 is 0. The van der Waals surface area contributed by atoms with Gasteiger partial charge < -0.3 is 9.67 Å². The highest BCUT2D eigenvalue weighted by Gasteiger charge is 2.19. The first-order valence-electron chi connectivity index (χ1n) is 5.99. The van der Waals surface area contributed by atoms with Gasteiger partial charge in [0.25, 0.3) is 0 Å². The molecule has 0 amide bonds. The van der Waals surface area contributed by atoms with Crippen molar-refractivity contribution in [3.63, 3.8) is 0 Å². The Kier molecular flexibility index (Phi) is 4.17. The number of aromatic nitrogens is 2. The second-order valence-electron chi connectivity index (χ2n) is 5.41. The molecule has 0 atom stereocenters. The molecule has 1 rings (SSSR count). The lowest BCUT2D eigenvalue weighted by atomic mass is 9.84. The van der Waals surface area contributed by atoms with Gasteiger partial charge in [-0.15, -0.1) is 0 Å². The third-order valence-corrected chi connectivity index (χ3v) is 2.80. The summed E-state index contributed by atoms with van der Waals surface area (Å²) in [5, 5.41) is 9.83. The third-order valence-electron chi connectivity index (χ3n) is 2.80. The van der Waals surface area contributed by atoms with Gasteiger partial charge in [0.05, 0.1) is 5.76 Å². The summed E-state index contributed by atoms with van der Waals surface area (Å²) in [4.78, 5) is 4.30. The molecule has 1 aromatic heterocycles. The fraction of sp³-hybridized carbons (Fsp3) is 0.400. The minimum atomic E-state index is -0.127. The second-order valence-corrected chi connectivity index (χ2v) is 5.41. The van der Waals surface area contributed by atoms with Gasteiger partial charge in [-0.3, -0.25) is 0 Å². The molecule has 1 aromatic rings. The molecule has 0 fully saturated rings. The first kappa shape index (κ1) is 14.3. The first-order chi connectivity index (χ1) is 8.27. The largest absolute Gasteiger partial charge is 0.512 e. The van der Waals surface area contributed by atoms with Gasteiger partial charge in [-0.2, -0.15) is 0 Å². The quantitative estimate of drug-likeness (QED) is 0.649. The number of hydrogen-bond acceptors (Lipinski definition) is 2. The lowest BCUT2D eigenvalue weighted by molar-refractivity contribution is 0.381. The molecule has 18 heavy (non-hydrogen) atoms. The van der Waals surface area contributed by atoms with Crippen molar-refractivity contribution in [3.8, 4) is 0 Å². The van der Waals surface area contributed by atoms with Crippen molar-refractivity contribution >= 4 is 5.57 Å². The Morgan fingerprint density at radius 3 is 2.39 bits per heavy atom. The summed E-state index contributed by atoms with van der Waals surface area (Å²) in [5.74, 6) is 1.17. The zero-order valence-electron chi connectivity index (χ0n) is 11.9. The van der Waals surface area contributed by atoms with E-state index in [4.69, 9.17) is 0 Å². The molecule has 3 nitrogen and oxygen atoms in total. The van der Waals surface area contributed by atoms with E-state index in [0.29, 0.717) is 5.76 Å². The molecule has 98 valence electrons. The highest BCUT2D eigenvalue weighted by Crippen LogP contribution is 2.31. The Bertz CT molecular complexity index is 495. The van der Waals surface area contributed by atoms with Gasteiger partial charge in [-0.1, -0.05) is 33.4 Å². The van der Waals surface area contributed by atoms with E-state index in [1.54, 1.807) is 19.2 Å². The fourth-order valence-corrected chi connectivity index (χ4v) is 1.88. The van der Waals surface area contributed by atoms with E-state index < -0.39 is 0 Å². The van der Waals surface area contributed by atoms with Gasteiger partial charge >= 0.3 is 0 Å². The highest BCUT2D eigenvalue weighted by molar-refractivity contribution is 5.72. The average Bonchev–Trinajstić information content (AvgIpc) is 2.63. The van der Waals surface area contributed by atoms with Crippen LogP contribution in [0.4, 0.5) is 0 Å². The van der Waals surface area contributed by atoms with Crippen LogP contribution in [0.2, 0.25) is 0 Å². The van der Waals surface area contributed by atoms with E-state index in [0.717, 1.165) is 17.0 Å². The molecule has 3 heteroatoms. The second kappa shape index (κ2) is 5.25. The van der Waals surface area contributed by atoms with Crippen LogP contribution in [0.5, 0.6) is 0 Å². The number of allylic oxidation sites excluding steroid dienone is 5. The van der Waals surface area contributed by atoms with Gasteiger partial charge in [0.15, 0.2) is 0 Å². The van der Waals surface area contributed by atoms with E-state index in [9.17, 15) is 5.11 Å². The van der Waals surface area contributed by atoms with Gasteiger partial charge in [-0.25, -0.2) is 4.98 Å². The maximum Gasteiger partial charge on any atom is 0.139 e. The van der Waals surface area contributed by atoms with E-state index in [1.807, 2.05) is 23.9 Å². The summed E-state index contributed by atoms with van der Waals surface area (Å²) in [6.45, 7) is 11.7. The van der Waals surface area contributed by atoms with Crippen molar-refractivity contribution in [2.45, 2.75) is 27.7 Å². The number of aliphatic hydroxyl groups is 1. The van der Waals surface area contributed by atoms with Crippen LogP contribution in [0.25, 0.3) is 5.57 Å². The SMILES string of the molecule is C=C/C(=C\C(=C(/C)O)C(C)(C)C)c1nccn1C. The van der Waals surface area contributed by atoms with Crippen molar-refractivity contribution in [1.82, 2.24) is 9.55 Å². The Morgan fingerprint density at radius 2 is 2.06 bits per heavy atom. The molecule has 0 aromatic carbocycles. The normalized spacial score (nSPS) is 14.4. The molecule has 0 saturated heterocycles. The number of aryl methyl sites for hydroxylation is 1. The van der Waals surface area contributed by atoms with Crippen LogP contribution in [-0.4, -0.2) is 14.7 Å². The van der Waals surface area contributed by atoms with Crippen molar-refractivity contribution < 1.29 is 5.11 Å². The van der Waals surface area contributed by atoms with Crippen molar-refractivity contribution in [3.05, 3.63) is 48.3 Å². The van der Waals surface area contributed by atoms with Crippen LogP contribution in [0.1, 0.15) is 33.5 Å². The van der Waals surface area contributed by atoms with Crippen LogP contribution in [-0.2, 0) is 7.05 Å². The zero-order chi connectivity index (χ0) is 13.9. The Labute approximate surface area is 109 Å². The zero-order valence-corrected chi connectivity index (χ0v) is 11.9. The molecule has 0 radical (unpaired) electrons. The number of aliphatic hydroxyl groups excluding tert-OH is 1. The summed E-state index contributed by atoms with van der Waals surface area (Å²) in [6, 6.07) is 0. The fourth-order valence-electron chi connectivity index (χ4n) is 1.88. The molecule has 0 spiro atoms. The van der Waals surface area contributed by atoms with Gasteiger partial charge in [0.2, 0.25) is 0 Å². The molecule has 0 aliphatic rings. The van der Waals surface area contributed by atoms with E-state index in [1.165, 1.54) is 0 Å². The maximum absolute atomic E-state index is 9.83. The lowest BCUT2D eigenvalue weighted by Crippen LogP contribution is -2.10. The highest BCUT2D eigenvalue weighted by atomic mass is 16.3. The van der Waals surface area contributed by atoms with Crippen molar-refractivity contribution in [2.75, 3.05) is 0 Å². The molecule has 0 unspecified atom stereocenters. The van der Waals surface area contributed by atoms with Crippen LogP contribution >= 0.6 is 0 Å². The van der Waals surface area contributed by atoms with Gasteiger partial charge in [0.1, 0.15) is 5.82 Å². The van der Waals surface area contributed by atoms with Crippen LogP contribution in [0.3, 0.4) is 0 Å². The van der Waals surface area contributed by atoms with E-state index in [-0.39, 0.29) is 5.41 Å². The van der Waals surface area contributed by atoms with Crippen molar-refractivity contribution in [1.29, 1.82) is 0 Å². The predicted octanol–water partition coefficient (Wildman–Crippen LogP) is 3.87. The Morgan fingerprint density at radius 1 is 1.44 bits per heavy atom. The molecular weight excluding hydrogens is 224 g/mol.